The topological polar surface area (TPSA) is 113 Å². The Balaban J connectivity index is 1.55. The number of anilines is 1. The number of amides is 3. The second kappa shape index (κ2) is 8.28. The molecule has 0 atom stereocenters. The molecule has 0 bridgehead atoms. The Morgan fingerprint density at radius 3 is 2.22 bits per heavy atom. The fraction of sp³-hybridized carbons (Fsp3) is 0. The zero-order valence-corrected chi connectivity index (χ0v) is 15.3. The van der Waals surface area contributed by atoms with Gasteiger partial charge in [0.25, 0.3) is 17.7 Å². The van der Waals surface area contributed by atoms with Crippen LogP contribution in [-0.4, -0.2) is 22.7 Å². The first-order valence-corrected chi connectivity index (χ1v) is 8.51. The predicted octanol–water partition coefficient (Wildman–Crippen LogP) is 2.76. The van der Waals surface area contributed by atoms with Crippen LogP contribution in [0.5, 0.6) is 0 Å². The van der Waals surface area contributed by atoms with Crippen molar-refractivity contribution in [2.75, 3.05) is 5.32 Å². The molecular formula is C18H13BrN4O4. The Morgan fingerprint density at radius 1 is 0.852 bits per heavy atom. The summed E-state index contributed by atoms with van der Waals surface area (Å²) < 4.78 is 5.62. The van der Waals surface area contributed by atoms with Gasteiger partial charge >= 0.3 is 0 Å². The van der Waals surface area contributed by atoms with E-state index in [4.69, 9.17) is 4.42 Å². The first kappa shape index (κ1) is 18.3. The number of hydrogen-bond acceptors (Lipinski definition) is 5. The third-order valence-electron chi connectivity index (χ3n) is 3.39. The van der Waals surface area contributed by atoms with E-state index in [1.54, 1.807) is 30.3 Å². The lowest BCUT2D eigenvalue weighted by atomic mass is 10.2. The first-order valence-electron chi connectivity index (χ1n) is 7.71. The van der Waals surface area contributed by atoms with Gasteiger partial charge in [-0.1, -0.05) is 6.07 Å². The fourth-order valence-corrected chi connectivity index (χ4v) is 2.39. The smallest absolute Gasteiger partial charge is 0.291 e. The summed E-state index contributed by atoms with van der Waals surface area (Å²) in [7, 11) is 0. The van der Waals surface area contributed by atoms with E-state index in [9.17, 15) is 14.4 Å². The molecule has 3 rings (SSSR count). The Bertz CT molecular complexity index is 971. The molecule has 2 aromatic heterocycles. The molecule has 0 fully saturated rings. The van der Waals surface area contributed by atoms with Crippen molar-refractivity contribution in [2.24, 2.45) is 0 Å². The molecule has 0 unspecified atom stereocenters. The Morgan fingerprint density at radius 2 is 1.59 bits per heavy atom. The molecule has 0 aliphatic carbocycles. The van der Waals surface area contributed by atoms with Gasteiger partial charge in [0.05, 0.1) is 0 Å². The van der Waals surface area contributed by atoms with Gasteiger partial charge in [-0.05, 0) is 64.5 Å². The number of halogens is 1. The van der Waals surface area contributed by atoms with Crippen LogP contribution in [0.3, 0.4) is 0 Å². The number of carbonyl (C=O) groups excluding carboxylic acids is 3. The molecule has 3 N–H and O–H groups in total. The molecule has 1 aromatic carbocycles. The predicted molar refractivity (Wildman–Crippen MR) is 100.0 cm³/mol. The van der Waals surface area contributed by atoms with Crippen LogP contribution in [0.4, 0.5) is 5.69 Å². The highest BCUT2D eigenvalue weighted by atomic mass is 79.9. The lowest BCUT2D eigenvalue weighted by Gasteiger charge is -2.08. The van der Waals surface area contributed by atoms with Gasteiger partial charge < -0.3 is 9.73 Å². The van der Waals surface area contributed by atoms with Crippen LogP contribution in [0.2, 0.25) is 0 Å². The van der Waals surface area contributed by atoms with Crippen molar-refractivity contribution in [3.05, 3.63) is 82.5 Å². The number of aromatic nitrogens is 1. The molecule has 0 saturated carbocycles. The number of hydrogen-bond donors (Lipinski definition) is 3. The minimum atomic E-state index is -0.530. The molecule has 9 heteroatoms. The summed E-state index contributed by atoms with van der Waals surface area (Å²) in [4.78, 5) is 39.8. The van der Waals surface area contributed by atoms with E-state index in [-0.39, 0.29) is 11.5 Å². The lowest BCUT2D eigenvalue weighted by Crippen LogP contribution is -2.41. The van der Waals surface area contributed by atoms with Crippen molar-refractivity contribution in [1.82, 2.24) is 15.8 Å². The highest BCUT2D eigenvalue weighted by Crippen LogP contribution is 2.16. The van der Waals surface area contributed by atoms with Crippen molar-refractivity contribution in [3.8, 4) is 0 Å². The van der Waals surface area contributed by atoms with Gasteiger partial charge in [0.2, 0.25) is 0 Å². The van der Waals surface area contributed by atoms with E-state index in [1.165, 1.54) is 30.5 Å². The first-order chi connectivity index (χ1) is 13.0. The quantitative estimate of drug-likeness (QED) is 0.552. The van der Waals surface area contributed by atoms with Crippen LogP contribution in [0.1, 0.15) is 31.4 Å². The Labute approximate surface area is 162 Å². The molecule has 136 valence electrons. The number of nitrogens with zero attached hydrogens (tertiary/aromatic N) is 1. The summed E-state index contributed by atoms with van der Waals surface area (Å²) in [5.41, 5.74) is 5.55. The van der Waals surface area contributed by atoms with Crippen molar-refractivity contribution in [2.45, 2.75) is 0 Å². The second-order valence-electron chi connectivity index (χ2n) is 5.26. The van der Waals surface area contributed by atoms with Gasteiger partial charge in [0.15, 0.2) is 10.4 Å². The maximum absolute atomic E-state index is 12.1. The summed E-state index contributed by atoms with van der Waals surface area (Å²) in [6.45, 7) is 0. The molecule has 3 aromatic rings. The third kappa shape index (κ3) is 4.79. The zero-order valence-electron chi connectivity index (χ0n) is 13.7. The highest BCUT2D eigenvalue weighted by Gasteiger charge is 2.12. The molecule has 0 aliphatic rings. The minimum absolute atomic E-state index is 0.154. The maximum Gasteiger partial charge on any atom is 0.291 e. The SMILES string of the molecule is O=C(NNC(=O)c1ccccn1)c1ccc(NC(=O)c2ccc(Br)o2)cc1. The average Bonchev–Trinajstić information content (AvgIpc) is 3.13. The molecule has 2 heterocycles. The standard InChI is InChI=1S/C18H13BrN4O4/c19-15-9-8-14(27-15)18(26)21-12-6-4-11(5-7-12)16(24)22-23-17(25)13-3-1-2-10-20-13/h1-10H,(H,21,26)(H,22,24)(H,23,25). The van der Waals surface area contributed by atoms with Crippen LogP contribution in [0, 0.1) is 0 Å². The highest BCUT2D eigenvalue weighted by molar-refractivity contribution is 9.10. The zero-order chi connectivity index (χ0) is 19.2. The van der Waals surface area contributed by atoms with Gasteiger partial charge in [-0.25, -0.2) is 0 Å². The van der Waals surface area contributed by atoms with Crippen LogP contribution < -0.4 is 16.2 Å². The second-order valence-corrected chi connectivity index (χ2v) is 6.04. The summed E-state index contributed by atoms with van der Waals surface area (Å²) in [5.74, 6) is -1.30. The van der Waals surface area contributed by atoms with Crippen molar-refractivity contribution >= 4 is 39.3 Å². The van der Waals surface area contributed by atoms with Crippen molar-refractivity contribution in [3.63, 3.8) is 0 Å². The van der Waals surface area contributed by atoms with E-state index in [0.717, 1.165) is 0 Å². The van der Waals surface area contributed by atoms with Gasteiger partial charge in [0.1, 0.15) is 5.69 Å². The van der Waals surface area contributed by atoms with Crippen LogP contribution in [0.25, 0.3) is 0 Å². The van der Waals surface area contributed by atoms with Gasteiger partial charge in [0, 0.05) is 17.4 Å². The summed E-state index contributed by atoms with van der Waals surface area (Å²) in [6.07, 6.45) is 1.48. The van der Waals surface area contributed by atoms with Crippen molar-refractivity contribution in [1.29, 1.82) is 0 Å². The van der Waals surface area contributed by atoms with E-state index < -0.39 is 17.7 Å². The minimum Gasteiger partial charge on any atom is -0.444 e. The van der Waals surface area contributed by atoms with Crippen LogP contribution in [-0.2, 0) is 0 Å². The molecule has 8 nitrogen and oxygen atoms in total. The number of nitrogens with one attached hydrogen (secondary N) is 3. The van der Waals surface area contributed by atoms with E-state index in [1.807, 2.05) is 0 Å². The molecule has 0 saturated heterocycles. The number of rotatable bonds is 4. The molecule has 27 heavy (non-hydrogen) atoms. The lowest BCUT2D eigenvalue weighted by molar-refractivity contribution is 0.0844. The Kier molecular flexibility index (Phi) is 5.62. The van der Waals surface area contributed by atoms with Gasteiger partial charge in [-0.2, -0.15) is 0 Å². The van der Waals surface area contributed by atoms with Gasteiger partial charge in [-0.15, -0.1) is 0 Å². The maximum atomic E-state index is 12.1. The van der Waals surface area contributed by atoms with Crippen molar-refractivity contribution < 1.29 is 18.8 Å². The van der Waals surface area contributed by atoms with E-state index in [0.29, 0.717) is 15.9 Å². The Hall–Kier alpha value is -3.46. The number of benzene rings is 1. The number of pyridine rings is 1. The average molecular weight is 429 g/mol. The summed E-state index contributed by atoms with van der Waals surface area (Å²) in [6, 6.07) is 14.2. The molecular weight excluding hydrogens is 416 g/mol. The van der Waals surface area contributed by atoms with Gasteiger partial charge in [-0.3, -0.25) is 30.2 Å². The monoisotopic (exact) mass is 428 g/mol. The fourth-order valence-electron chi connectivity index (χ4n) is 2.08. The third-order valence-corrected chi connectivity index (χ3v) is 3.82. The number of furan rings is 1. The van der Waals surface area contributed by atoms with Crippen LogP contribution in [0.15, 0.2) is 69.9 Å². The van der Waals surface area contributed by atoms with Crippen LogP contribution >= 0.6 is 15.9 Å². The molecule has 0 radical (unpaired) electrons. The summed E-state index contributed by atoms with van der Waals surface area (Å²) in [5, 5.41) is 2.65. The number of hydrazine groups is 1. The van der Waals surface area contributed by atoms with E-state index >= 15 is 0 Å². The largest absolute Gasteiger partial charge is 0.444 e. The summed E-state index contributed by atoms with van der Waals surface area (Å²) >= 11 is 3.13. The molecule has 3 amide bonds. The van der Waals surface area contributed by atoms with E-state index in [2.05, 4.69) is 37.1 Å². The molecule has 0 aliphatic heterocycles. The normalized spacial score (nSPS) is 10.1. The number of carbonyl (C=O) groups is 3. The molecule has 0 spiro atoms.